The van der Waals surface area contributed by atoms with Crippen molar-refractivity contribution in [2.24, 2.45) is 0 Å². The van der Waals surface area contributed by atoms with Crippen molar-refractivity contribution in [2.75, 3.05) is 19.1 Å². The summed E-state index contributed by atoms with van der Waals surface area (Å²) in [6.45, 7) is 0.534. The molecule has 2 aromatic carbocycles. The summed E-state index contributed by atoms with van der Waals surface area (Å²) in [6, 6.07) is 11.3. The van der Waals surface area contributed by atoms with Crippen molar-refractivity contribution in [2.45, 2.75) is 11.3 Å². The molecule has 0 saturated heterocycles. The van der Waals surface area contributed by atoms with E-state index < -0.39 is 21.5 Å². The first-order valence-corrected chi connectivity index (χ1v) is 9.61. The molecule has 0 radical (unpaired) electrons. The Morgan fingerprint density at radius 1 is 1.08 bits per heavy atom. The third-order valence-electron chi connectivity index (χ3n) is 3.67. The van der Waals surface area contributed by atoms with Gasteiger partial charge in [0.2, 0.25) is 12.7 Å². The van der Waals surface area contributed by atoms with Crippen molar-refractivity contribution >= 4 is 27.3 Å². The fraction of sp³-hybridized carbons (Fsp3) is 0.235. The Labute approximate surface area is 150 Å². The SMILES string of the molecule is O=C(CS(=O)(=O)c1ccc(Cl)cc1)NCCc1ccc2c(c1)OCO2. The number of carbonyl (C=O) groups is 1. The Balaban J connectivity index is 1.52. The minimum atomic E-state index is -3.69. The largest absolute Gasteiger partial charge is 0.454 e. The molecule has 0 unspecified atom stereocenters. The number of hydrogen-bond donors (Lipinski definition) is 1. The number of ether oxygens (including phenoxy) is 2. The normalized spacial score (nSPS) is 12.8. The van der Waals surface area contributed by atoms with Crippen LogP contribution >= 0.6 is 11.6 Å². The summed E-state index contributed by atoms with van der Waals surface area (Å²) in [5, 5.41) is 3.06. The molecule has 0 aromatic heterocycles. The van der Waals surface area contributed by atoms with Crippen LogP contribution in [0, 0.1) is 0 Å². The number of halogens is 1. The molecule has 0 saturated carbocycles. The minimum absolute atomic E-state index is 0.0721. The zero-order valence-electron chi connectivity index (χ0n) is 13.2. The number of amides is 1. The van der Waals surface area contributed by atoms with E-state index in [1.807, 2.05) is 18.2 Å². The first-order chi connectivity index (χ1) is 11.9. The van der Waals surface area contributed by atoms with Crippen LogP contribution in [0.4, 0.5) is 0 Å². The average Bonchev–Trinajstić information content (AvgIpc) is 3.02. The van der Waals surface area contributed by atoms with Gasteiger partial charge in [0.1, 0.15) is 5.75 Å². The third kappa shape index (κ3) is 4.43. The van der Waals surface area contributed by atoms with Crippen molar-refractivity contribution in [1.82, 2.24) is 5.32 Å². The van der Waals surface area contributed by atoms with E-state index >= 15 is 0 Å². The predicted molar refractivity (Wildman–Crippen MR) is 92.8 cm³/mol. The summed E-state index contributed by atoms with van der Waals surface area (Å²) in [5.74, 6) is 0.224. The molecule has 8 heteroatoms. The summed E-state index contributed by atoms with van der Waals surface area (Å²) < 4.78 is 34.9. The van der Waals surface area contributed by atoms with E-state index in [1.165, 1.54) is 24.3 Å². The number of sulfone groups is 1. The fourth-order valence-electron chi connectivity index (χ4n) is 2.39. The van der Waals surface area contributed by atoms with Crippen LogP contribution in [0.1, 0.15) is 5.56 Å². The molecule has 1 amide bonds. The monoisotopic (exact) mass is 381 g/mol. The van der Waals surface area contributed by atoms with Crippen molar-refractivity contribution in [3.63, 3.8) is 0 Å². The van der Waals surface area contributed by atoms with E-state index in [0.717, 1.165) is 5.56 Å². The molecule has 0 fully saturated rings. The number of hydrogen-bond acceptors (Lipinski definition) is 5. The molecule has 0 bridgehead atoms. The Bertz CT molecular complexity index is 880. The van der Waals surface area contributed by atoms with Crippen LogP contribution in [-0.4, -0.2) is 33.4 Å². The Kier molecular flexibility index (Phi) is 5.15. The van der Waals surface area contributed by atoms with Crippen LogP contribution in [0.5, 0.6) is 11.5 Å². The van der Waals surface area contributed by atoms with Gasteiger partial charge in [-0.3, -0.25) is 4.79 Å². The van der Waals surface area contributed by atoms with Gasteiger partial charge in [-0.1, -0.05) is 17.7 Å². The number of nitrogens with one attached hydrogen (secondary N) is 1. The lowest BCUT2D eigenvalue weighted by atomic mass is 10.1. The quantitative estimate of drug-likeness (QED) is 0.829. The second-order valence-corrected chi connectivity index (χ2v) is 7.93. The Morgan fingerprint density at radius 2 is 1.80 bits per heavy atom. The number of rotatable bonds is 6. The summed E-state index contributed by atoms with van der Waals surface area (Å²) in [5.41, 5.74) is 0.963. The van der Waals surface area contributed by atoms with E-state index in [0.29, 0.717) is 29.5 Å². The molecule has 1 aliphatic rings. The maximum atomic E-state index is 12.2. The van der Waals surface area contributed by atoms with Gasteiger partial charge in [0, 0.05) is 11.6 Å². The molecular formula is C17H16ClNO5S. The van der Waals surface area contributed by atoms with E-state index in [9.17, 15) is 13.2 Å². The topological polar surface area (TPSA) is 81.7 Å². The highest BCUT2D eigenvalue weighted by Crippen LogP contribution is 2.32. The van der Waals surface area contributed by atoms with Crippen LogP contribution in [0.25, 0.3) is 0 Å². The lowest BCUT2D eigenvalue weighted by Gasteiger charge is -2.07. The molecule has 25 heavy (non-hydrogen) atoms. The molecule has 0 spiro atoms. The van der Waals surface area contributed by atoms with Gasteiger partial charge in [-0.25, -0.2) is 8.42 Å². The Morgan fingerprint density at radius 3 is 2.56 bits per heavy atom. The van der Waals surface area contributed by atoms with Crippen molar-refractivity contribution in [1.29, 1.82) is 0 Å². The summed E-state index contributed by atoms with van der Waals surface area (Å²) in [4.78, 5) is 12.0. The molecule has 1 heterocycles. The second kappa shape index (κ2) is 7.33. The Hall–Kier alpha value is -2.25. The zero-order valence-corrected chi connectivity index (χ0v) is 14.8. The molecule has 0 atom stereocenters. The maximum absolute atomic E-state index is 12.2. The second-order valence-electron chi connectivity index (χ2n) is 5.50. The van der Waals surface area contributed by atoms with Crippen LogP contribution in [-0.2, 0) is 21.1 Å². The predicted octanol–water partition coefficient (Wildman–Crippen LogP) is 2.20. The smallest absolute Gasteiger partial charge is 0.235 e. The van der Waals surface area contributed by atoms with Gasteiger partial charge in [-0.2, -0.15) is 0 Å². The van der Waals surface area contributed by atoms with Crippen LogP contribution in [0.2, 0.25) is 5.02 Å². The molecule has 1 aliphatic heterocycles. The summed E-state index contributed by atoms with van der Waals surface area (Å²) in [7, 11) is -3.69. The van der Waals surface area contributed by atoms with Crippen molar-refractivity contribution < 1.29 is 22.7 Å². The average molecular weight is 382 g/mol. The molecule has 3 rings (SSSR count). The fourth-order valence-corrected chi connectivity index (χ4v) is 3.68. The van der Waals surface area contributed by atoms with E-state index in [1.54, 1.807) is 0 Å². The van der Waals surface area contributed by atoms with Gasteiger partial charge in [-0.15, -0.1) is 0 Å². The molecular weight excluding hydrogens is 366 g/mol. The van der Waals surface area contributed by atoms with E-state index in [4.69, 9.17) is 21.1 Å². The first kappa shape index (κ1) is 17.6. The minimum Gasteiger partial charge on any atom is -0.454 e. The summed E-state index contributed by atoms with van der Waals surface area (Å²) in [6.07, 6.45) is 0.559. The maximum Gasteiger partial charge on any atom is 0.235 e. The first-order valence-electron chi connectivity index (χ1n) is 7.57. The van der Waals surface area contributed by atoms with E-state index in [2.05, 4.69) is 5.32 Å². The molecule has 0 aliphatic carbocycles. The zero-order chi connectivity index (χ0) is 17.9. The highest BCUT2D eigenvalue weighted by atomic mass is 35.5. The highest BCUT2D eigenvalue weighted by molar-refractivity contribution is 7.92. The molecule has 6 nitrogen and oxygen atoms in total. The van der Waals surface area contributed by atoms with Crippen LogP contribution in [0.15, 0.2) is 47.4 Å². The summed E-state index contributed by atoms with van der Waals surface area (Å²) >= 11 is 5.74. The van der Waals surface area contributed by atoms with Crippen molar-refractivity contribution in [3.05, 3.63) is 53.1 Å². The number of carbonyl (C=O) groups excluding carboxylic acids is 1. The molecule has 132 valence electrons. The van der Waals surface area contributed by atoms with E-state index in [-0.39, 0.29) is 11.7 Å². The lowest BCUT2D eigenvalue weighted by Crippen LogP contribution is -2.31. The standard InChI is InChI=1S/C17H16ClNO5S/c18-13-2-4-14(5-3-13)25(21,22)10-17(20)19-8-7-12-1-6-15-16(9-12)24-11-23-15/h1-6,9H,7-8,10-11H2,(H,19,20). The molecule has 1 N–H and O–H groups in total. The van der Waals surface area contributed by atoms with Gasteiger partial charge in [0.05, 0.1) is 4.90 Å². The van der Waals surface area contributed by atoms with Gasteiger partial charge < -0.3 is 14.8 Å². The third-order valence-corrected chi connectivity index (χ3v) is 5.55. The number of benzene rings is 2. The highest BCUT2D eigenvalue weighted by Gasteiger charge is 2.19. The van der Waals surface area contributed by atoms with Crippen LogP contribution in [0.3, 0.4) is 0 Å². The van der Waals surface area contributed by atoms with Gasteiger partial charge in [0.15, 0.2) is 21.3 Å². The van der Waals surface area contributed by atoms with Gasteiger partial charge >= 0.3 is 0 Å². The number of fused-ring (bicyclic) bond motifs is 1. The van der Waals surface area contributed by atoms with Gasteiger partial charge in [0.25, 0.3) is 0 Å². The lowest BCUT2D eigenvalue weighted by molar-refractivity contribution is -0.118. The van der Waals surface area contributed by atoms with Crippen molar-refractivity contribution in [3.8, 4) is 11.5 Å². The molecule has 2 aromatic rings. The van der Waals surface area contributed by atoms with Crippen LogP contribution < -0.4 is 14.8 Å². The van der Waals surface area contributed by atoms with Gasteiger partial charge in [-0.05, 0) is 48.4 Å².